The lowest BCUT2D eigenvalue weighted by molar-refractivity contribution is 0.00206. The number of hydrogen-bond donors (Lipinski definition) is 1. The van der Waals surface area contributed by atoms with Crippen molar-refractivity contribution in [3.63, 3.8) is 0 Å². The van der Waals surface area contributed by atoms with E-state index in [1.807, 2.05) is 11.3 Å². The highest BCUT2D eigenvalue weighted by Gasteiger charge is 2.46. The molecule has 5 heteroatoms. The van der Waals surface area contributed by atoms with Crippen LogP contribution in [0.5, 0.6) is 0 Å². The lowest BCUT2D eigenvalue weighted by Gasteiger charge is -2.51. The Balaban J connectivity index is 1.70. The lowest BCUT2D eigenvalue weighted by atomic mass is 9.62. The van der Waals surface area contributed by atoms with Gasteiger partial charge >= 0.3 is 6.09 Å². The van der Waals surface area contributed by atoms with Gasteiger partial charge in [-0.3, -0.25) is 4.90 Å². The number of carboxylic acid groups (broad SMARTS) is 1. The minimum Gasteiger partial charge on any atom is -0.465 e. The van der Waals surface area contributed by atoms with E-state index in [0.29, 0.717) is 18.5 Å². The van der Waals surface area contributed by atoms with Crippen molar-refractivity contribution in [1.29, 1.82) is 0 Å². The molecule has 1 aromatic heterocycles. The van der Waals surface area contributed by atoms with Gasteiger partial charge in [-0.05, 0) is 69.5 Å². The van der Waals surface area contributed by atoms with Gasteiger partial charge in [0.05, 0.1) is 5.54 Å². The number of carbonyl (C=O) groups is 1. The summed E-state index contributed by atoms with van der Waals surface area (Å²) >= 11 is 1.87. The Morgan fingerprint density at radius 2 is 1.82 bits per heavy atom. The van der Waals surface area contributed by atoms with Crippen LogP contribution in [0.3, 0.4) is 0 Å². The van der Waals surface area contributed by atoms with Crippen molar-refractivity contribution >= 4 is 17.4 Å². The molecule has 122 valence electrons. The number of piperidine rings is 1. The van der Waals surface area contributed by atoms with Crippen molar-refractivity contribution in [2.75, 3.05) is 27.2 Å². The van der Waals surface area contributed by atoms with Gasteiger partial charge in [0, 0.05) is 18.0 Å². The summed E-state index contributed by atoms with van der Waals surface area (Å²) in [5.74, 6) is 0. The van der Waals surface area contributed by atoms with Gasteiger partial charge in [0.2, 0.25) is 0 Å². The number of likely N-dealkylation sites (tertiary alicyclic amines) is 1. The molecule has 1 saturated carbocycles. The maximum absolute atomic E-state index is 11.1. The molecule has 1 spiro atoms. The molecule has 4 nitrogen and oxygen atoms in total. The molecule has 0 atom stereocenters. The second kappa shape index (κ2) is 5.85. The largest absolute Gasteiger partial charge is 0.465 e. The van der Waals surface area contributed by atoms with E-state index in [2.05, 4.69) is 36.5 Å². The molecule has 0 radical (unpaired) electrons. The molecular weight excluding hydrogens is 296 g/mol. The first kappa shape index (κ1) is 15.8. The number of thiophene rings is 1. The number of hydrogen-bond acceptors (Lipinski definition) is 3. The zero-order valence-corrected chi connectivity index (χ0v) is 14.4. The van der Waals surface area contributed by atoms with Crippen molar-refractivity contribution in [3.05, 3.63) is 22.4 Å². The molecule has 2 fully saturated rings. The summed E-state index contributed by atoms with van der Waals surface area (Å²) in [7, 11) is 4.40. The van der Waals surface area contributed by atoms with Crippen LogP contribution in [0.2, 0.25) is 0 Å². The summed E-state index contributed by atoms with van der Waals surface area (Å²) in [5.41, 5.74) is 0.562. The molecule has 3 rings (SSSR count). The highest BCUT2D eigenvalue weighted by Crippen LogP contribution is 2.53. The molecule has 1 aliphatic carbocycles. The molecule has 0 aromatic carbocycles. The van der Waals surface area contributed by atoms with Gasteiger partial charge in [-0.25, -0.2) is 4.79 Å². The first-order valence-electron chi connectivity index (χ1n) is 8.17. The first-order chi connectivity index (χ1) is 10.5. The third kappa shape index (κ3) is 2.65. The van der Waals surface area contributed by atoms with Crippen molar-refractivity contribution in [1.82, 2.24) is 9.80 Å². The van der Waals surface area contributed by atoms with Crippen LogP contribution in [0.25, 0.3) is 0 Å². The van der Waals surface area contributed by atoms with Crippen LogP contribution in [0, 0.1) is 5.41 Å². The van der Waals surface area contributed by atoms with Gasteiger partial charge in [-0.2, -0.15) is 0 Å². The van der Waals surface area contributed by atoms with Crippen molar-refractivity contribution in [2.45, 2.75) is 44.1 Å². The third-order valence-corrected chi connectivity index (χ3v) is 7.13. The second-order valence-corrected chi connectivity index (χ2v) is 8.12. The maximum Gasteiger partial charge on any atom is 0.407 e. The Kier molecular flexibility index (Phi) is 4.21. The summed E-state index contributed by atoms with van der Waals surface area (Å²) in [4.78, 5) is 16.6. The van der Waals surface area contributed by atoms with Gasteiger partial charge in [-0.1, -0.05) is 6.07 Å². The zero-order valence-electron chi connectivity index (χ0n) is 13.5. The molecule has 1 amide bonds. The van der Waals surface area contributed by atoms with Crippen molar-refractivity contribution in [2.24, 2.45) is 5.41 Å². The van der Waals surface area contributed by atoms with Crippen LogP contribution in [0.4, 0.5) is 4.79 Å². The molecule has 0 bridgehead atoms. The quantitative estimate of drug-likeness (QED) is 0.899. The van der Waals surface area contributed by atoms with E-state index in [9.17, 15) is 4.79 Å². The number of rotatable bonds is 2. The van der Waals surface area contributed by atoms with Crippen molar-refractivity contribution < 1.29 is 9.90 Å². The summed E-state index contributed by atoms with van der Waals surface area (Å²) in [5, 5.41) is 11.3. The smallest absolute Gasteiger partial charge is 0.407 e. The Labute approximate surface area is 136 Å². The molecule has 1 N–H and O–H groups in total. The minimum atomic E-state index is -0.758. The van der Waals surface area contributed by atoms with E-state index >= 15 is 0 Å². The SMILES string of the molecule is CN(C)C1(c2cccs2)CCC2(CCN(C(=O)O)CC2)CC1. The molecule has 22 heavy (non-hydrogen) atoms. The summed E-state index contributed by atoms with van der Waals surface area (Å²) < 4.78 is 0. The van der Waals surface area contributed by atoms with Crippen LogP contribution >= 0.6 is 11.3 Å². The third-order valence-electron chi connectivity index (χ3n) is 6.07. The van der Waals surface area contributed by atoms with E-state index in [1.54, 1.807) is 4.90 Å². The Morgan fingerprint density at radius 3 is 2.27 bits per heavy atom. The fraction of sp³-hybridized carbons (Fsp3) is 0.706. The Morgan fingerprint density at radius 1 is 1.18 bits per heavy atom. The molecule has 0 unspecified atom stereocenters. The van der Waals surface area contributed by atoms with Gasteiger partial charge in [0.1, 0.15) is 0 Å². The highest BCUT2D eigenvalue weighted by atomic mass is 32.1. The van der Waals surface area contributed by atoms with Gasteiger partial charge in [0.25, 0.3) is 0 Å². The molecule has 1 saturated heterocycles. The van der Waals surface area contributed by atoms with E-state index in [4.69, 9.17) is 5.11 Å². The fourth-order valence-electron chi connectivity index (χ4n) is 4.32. The zero-order chi connectivity index (χ0) is 15.8. The predicted octanol–water partition coefficient (Wildman–Crippen LogP) is 3.84. The molecule has 2 heterocycles. The molecule has 1 aliphatic heterocycles. The highest BCUT2D eigenvalue weighted by molar-refractivity contribution is 7.10. The van der Waals surface area contributed by atoms with Crippen LogP contribution in [0.15, 0.2) is 17.5 Å². The average Bonchev–Trinajstić information content (AvgIpc) is 3.03. The van der Waals surface area contributed by atoms with Gasteiger partial charge < -0.3 is 10.0 Å². The summed E-state index contributed by atoms with van der Waals surface area (Å²) in [6.07, 6.45) is 6.13. The van der Waals surface area contributed by atoms with E-state index < -0.39 is 6.09 Å². The maximum atomic E-state index is 11.1. The van der Waals surface area contributed by atoms with Gasteiger partial charge in [0.15, 0.2) is 0 Å². The van der Waals surface area contributed by atoms with Crippen LogP contribution < -0.4 is 0 Å². The van der Waals surface area contributed by atoms with Crippen LogP contribution in [-0.4, -0.2) is 48.2 Å². The van der Waals surface area contributed by atoms with Crippen LogP contribution in [-0.2, 0) is 5.54 Å². The average molecular weight is 322 g/mol. The lowest BCUT2D eigenvalue weighted by Crippen LogP contribution is -2.50. The molecular formula is C17H26N2O2S. The van der Waals surface area contributed by atoms with E-state index in [0.717, 1.165) is 12.8 Å². The number of nitrogens with zero attached hydrogens (tertiary/aromatic N) is 2. The second-order valence-electron chi connectivity index (χ2n) is 7.17. The Bertz CT molecular complexity index is 509. The number of amides is 1. The monoisotopic (exact) mass is 322 g/mol. The summed E-state index contributed by atoms with van der Waals surface area (Å²) in [6, 6.07) is 4.43. The fourth-order valence-corrected chi connectivity index (χ4v) is 5.39. The topological polar surface area (TPSA) is 43.8 Å². The summed E-state index contributed by atoms with van der Waals surface area (Å²) in [6.45, 7) is 1.42. The predicted molar refractivity (Wildman–Crippen MR) is 89.4 cm³/mol. The van der Waals surface area contributed by atoms with Crippen LogP contribution in [0.1, 0.15) is 43.4 Å². The minimum absolute atomic E-state index is 0.184. The van der Waals surface area contributed by atoms with E-state index in [1.165, 1.54) is 30.6 Å². The normalized spacial score (nSPS) is 23.9. The van der Waals surface area contributed by atoms with E-state index in [-0.39, 0.29) is 5.54 Å². The standard InChI is InChI=1S/C17H26N2O2S/c1-18(2)17(14-4-3-13-22-14)7-5-16(6-8-17)9-11-19(12-10-16)15(20)21/h3-4,13H,5-12H2,1-2H3,(H,20,21). The van der Waals surface area contributed by atoms with Gasteiger partial charge in [-0.15, -0.1) is 11.3 Å². The Hall–Kier alpha value is -1.07. The first-order valence-corrected chi connectivity index (χ1v) is 9.05. The molecule has 1 aromatic rings. The molecule has 2 aliphatic rings. The van der Waals surface area contributed by atoms with Crippen molar-refractivity contribution in [3.8, 4) is 0 Å².